The van der Waals surface area contributed by atoms with Crippen LogP contribution in [0, 0.1) is 0 Å². The quantitative estimate of drug-likeness (QED) is 0.362. The normalized spacial score (nSPS) is 49.2. The van der Waals surface area contributed by atoms with Gasteiger partial charge in [0.1, 0.15) is 12.2 Å². The molecule has 0 bridgehead atoms. The Hall–Kier alpha value is -0.200. The lowest BCUT2D eigenvalue weighted by Gasteiger charge is -2.39. The van der Waals surface area contributed by atoms with Gasteiger partial charge in [0.05, 0.1) is 18.2 Å². The molecule has 0 aromatic heterocycles. The lowest BCUT2D eigenvalue weighted by molar-refractivity contribution is -0.169. The Morgan fingerprint density at radius 2 is 1.92 bits per heavy atom. The summed E-state index contributed by atoms with van der Waals surface area (Å²) in [7, 11) is 0. The summed E-state index contributed by atoms with van der Waals surface area (Å²) in [5, 5.41) is 18.8. The number of hydrogen-bond acceptors (Lipinski definition) is 5. The average molecular weight is 176 g/mol. The summed E-state index contributed by atoms with van der Waals surface area (Å²) < 4.78 is 5.27. The van der Waals surface area contributed by atoms with Crippen molar-refractivity contribution in [2.75, 3.05) is 6.54 Å². The third-order valence-electron chi connectivity index (χ3n) is 2.29. The summed E-state index contributed by atoms with van der Waals surface area (Å²) in [6, 6.07) is -0.539. The van der Waals surface area contributed by atoms with Crippen molar-refractivity contribution >= 4 is 0 Å². The molecule has 0 amide bonds. The van der Waals surface area contributed by atoms with Gasteiger partial charge in [0.2, 0.25) is 0 Å². The van der Waals surface area contributed by atoms with Crippen molar-refractivity contribution in [3.8, 4) is 0 Å². The highest BCUT2D eigenvalue weighted by Crippen LogP contribution is 2.18. The maximum Gasteiger partial charge on any atom is 0.109 e. The SMILES string of the molecule is C[C@H]1OC(CN)[C@H](O)C(O)[C@@H]1N. The van der Waals surface area contributed by atoms with Gasteiger partial charge in [-0.05, 0) is 6.92 Å². The number of ether oxygens (including phenoxy) is 1. The van der Waals surface area contributed by atoms with Crippen molar-refractivity contribution in [2.24, 2.45) is 11.5 Å². The summed E-state index contributed by atoms with van der Waals surface area (Å²) in [6.07, 6.45) is -2.68. The summed E-state index contributed by atoms with van der Waals surface area (Å²) >= 11 is 0. The molecule has 2 unspecified atom stereocenters. The third-order valence-corrected chi connectivity index (χ3v) is 2.29. The van der Waals surface area contributed by atoms with Gasteiger partial charge in [0.15, 0.2) is 0 Å². The molecule has 0 spiro atoms. The second-order valence-electron chi connectivity index (χ2n) is 3.17. The van der Waals surface area contributed by atoms with Crippen LogP contribution in [-0.4, -0.2) is 47.2 Å². The van der Waals surface area contributed by atoms with Crippen molar-refractivity contribution < 1.29 is 14.9 Å². The monoisotopic (exact) mass is 176 g/mol. The lowest BCUT2D eigenvalue weighted by Crippen LogP contribution is -2.61. The average Bonchev–Trinajstić information content (AvgIpc) is 2.08. The molecule has 12 heavy (non-hydrogen) atoms. The number of rotatable bonds is 1. The van der Waals surface area contributed by atoms with Gasteiger partial charge in [-0.25, -0.2) is 0 Å². The van der Waals surface area contributed by atoms with E-state index in [1.54, 1.807) is 6.92 Å². The zero-order valence-corrected chi connectivity index (χ0v) is 7.05. The topological polar surface area (TPSA) is 102 Å². The van der Waals surface area contributed by atoms with Crippen LogP contribution >= 0.6 is 0 Å². The molecule has 1 fully saturated rings. The Morgan fingerprint density at radius 1 is 1.33 bits per heavy atom. The minimum absolute atomic E-state index is 0.190. The van der Waals surface area contributed by atoms with Crippen molar-refractivity contribution in [3.63, 3.8) is 0 Å². The first kappa shape index (κ1) is 9.88. The fourth-order valence-electron chi connectivity index (χ4n) is 1.37. The van der Waals surface area contributed by atoms with E-state index < -0.39 is 24.4 Å². The minimum Gasteiger partial charge on any atom is -0.389 e. The summed E-state index contributed by atoms with van der Waals surface area (Å²) in [5.41, 5.74) is 10.9. The highest BCUT2D eigenvalue weighted by atomic mass is 16.5. The second kappa shape index (κ2) is 3.68. The molecule has 5 heteroatoms. The second-order valence-corrected chi connectivity index (χ2v) is 3.17. The van der Waals surface area contributed by atoms with Gasteiger partial charge in [-0.15, -0.1) is 0 Å². The summed E-state index contributed by atoms with van der Waals surface area (Å²) in [4.78, 5) is 0. The van der Waals surface area contributed by atoms with Crippen molar-refractivity contribution in [1.82, 2.24) is 0 Å². The Bertz CT molecular complexity index is 151. The smallest absolute Gasteiger partial charge is 0.109 e. The van der Waals surface area contributed by atoms with E-state index in [-0.39, 0.29) is 12.6 Å². The van der Waals surface area contributed by atoms with E-state index in [0.29, 0.717) is 0 Å². The fourth-order valence-corrected chi connectivity index (χ4v) is 1.37. The zero-order chi connectivity index (χ0) is 9.30. The van der Waals surface area contributed by atoms with Crippen molar-refractivity contribution in [3.05, 3.63) is 0 Å². The van der Waals surface area contributed by atoms with E-state index in [1.807, 2.05) is 0 Å². The van der Waals surface area contributed by atoms with Crippen molar-refractivity contribution in [1.29, 1.82) is 0 Å². The van der Waals surface area contributed by atoms with Gasteiger partial charge < -0.3 is 26.4 Å². The van der Waals surface area contributed by atoms with Crippen LogP contribution in [0.5, 0.6) is 0 Å². The predicted octanol–water partition coefficient (Wildman–Crippen LogP) is -2.22. The summed E-state index contributed by atoms with van der Waals surface area (Å²) in [5.74, 6) is 0. The van der Waals surface area contributed by atoms with Crippen LogP contribution in [0.1, 0.15) is 6.92 Å². The van der Waals surface area contributed by atoms with E-state index in [0.717, 1.165) is 0 Å². The fraction of sp³-hybridized carbons (Fsp3) is 1.00. The molecule has 6 N–H and O–H groups in total. The zero-order valence-electron chi connectivity index (χ0n) is 7.05. The van der Waals surface area contributed by atoms with Crippen LogP contribution < -0.4 is 11.5 Å². The Morgan fingerprint density at radius 3 is 2.42 bits per heavy atom. The molecule has 1 rings (SSSR count). The van der Waals surface area contributed by atoms with Crippen LogP contribution in [0.3, 0.4) is 0 Å². The molecule has 5 atom stereocenters. The Kier molecular flexibility index (Phi) is 3.03. The van der Waals surface area contributed by atoms with Gasteiger partial charge in [-0.3, -0.25) is 0 Å². The van der Waals surface area contributed by atoms with Gasteiger partial charge in [0, 0.05) is 6.54 Å². The number of aliphatic hydroxyl groups is 2. The number of hydrogen-bond donors (Lipinski definition) is 4. The Balaban J connectivity index is 2.63. The molecule has 0 radical (unpaired) electrons. The number of nitrogens with two attached hydrogens (primary N) is 2. The van der Waals surface area contributed by atoms with Gasteiger partial charge in [-0.2, -0.15) is 0 Å². The molecule has 1 heterocycles. The first-order chi connectivity index (χ1) is 5.57. The first-order valence-corrected chi connectivity index (χ1v) is 4.05. The maximum atomic E-state index is 9.41. The van der Waals surface area contributed by atoms with Gasteiger partial charge in [0.25, 0.3) is 0 Å². The largest absolute Gasteiger partial charge is 0.389 e. The van der Waals surface area contributed by atoms with E-state index in [9.17, 15) is 10.2 Å². The van der Waals surface area contributed by atoms with Crippen molar-refractivity contribution in [2.45, 2.75) is 37.4 Å². The van der Waals surface area contributed by atoms with E-state index >= 15 is 0 Å². The molecule has 0 aliphatic carbocycles. The molecule has 0 aromatic rings. The molecule has 1 aliphatic rings. The van der Waals surface area contributed by atoms with E-state index in [4.69, 9.17) is 16.2 Å². The van der Waals surface area contributed by atoms with Crippen LogP contribution in [0.4, 0.5) is 0 Å². The van der Waals surface area contributed by atoms with Crippen LogP contribution in [0.2, 0.25) is 0 Å². The molecular formula is C7H16N2O3. The van der Waals surface area contributed by atoms with Crippen LogP contribution in [-0.2, 0) is 4.74 Å². The molecule has 72 valence electrons. The molecule has 0 aromatic carbocycles. The van der Waals surface area contributed by atoms with E-state index in [1.165, 1.54) is 0 Å². The predicted molar refractivity (Wildman–Crippen MR) is 43.4 cm³/mol. The standard InChI is InChI=1S/C7H16N2O3/c1-3-5(9)7(11)6(10)4(2-8)12-3/h3-7,10-11H,2,8-9H2,1H3/t3-,4?,5-,6+,7?/m1/s1. The lowest BCUT2D eigenvalue weighted by atomic mass is 9.94. The summed E-state index contributed by atoms with van der Waals surface area (Å²) in [6.45, 7) is 1.94. The third kappa shape index (κ3) is 1.60. The first-order valence-electron chi connectivity index (χ1n) is 4.05. The van der Waals surface area contributed by atoms with Gasteiger partial charge >= 0.3 is 0 Å². The molecule has 1 saturated heterocycles. The van der Waals surface area contributed by atoms with Crippen LogP contribution in [0.25, 0.3) is 0 Å². The minimum atomic E-state index is -0.971. The van der Waals surface area contributed by atoms with Gasteiger partial charge in [-0.1, -0.05) is 0 Å². The Labute approximate surface area is 71.3 Å². The highest BCUT2D eigenvalue weighted by Gasteiger charge is 2.39. The molecule has 0 saturated carbocycles. The number of aliphatic hydroxyl groups excluding tert-OH is 2. The highest BCUT2D eigenvalue weighted by molar-refractivity contribution is 4.93. The molecule has 1 aliphatic heterocycles. The van der Waals surface area contributed by atoms with E-state index in [2.05, 4.69) is 0 Å². The maximum absolute atomic E-state index is 9.41. The molecular weight excluding hydrogens is 160 g/mol. The van der Waals surface area contributed by atoms with Crippen LogP contribution in [0.15, 0.2) is 0 Å². The molecule has 5 nitrogen and oxygen atoms in total.